The Hall–Kier alpha value is -2.34. The Morgan fingerprint density at radius 2 is 2.14 bits per heavy atom. The van der Waals surface area contributed by atoms with E-state index in [-0.39, 0.29) is 19.2 Å². The predicted octanol–water partition coefficient (Wildman–Crippen LogP) is 1.87. The predicted molar refractivity (Wildman–Crippen MR) is 78.5 cm³/mol. The molecule has 1 heterocycles. The fourth-order valence-electron chi connectivity index (χ4n) is 1.91. The average molecular weight is 289 g/mol. The lowest BCUT2D eigenvalue weighted by atomic mass is 10.2. The highest BCUT2D eigenvalue weighted by Crippen LogP contribution is 2.19. The fourth-order valence-corrected chi connectivity index (χ4v) is 1.91. The second-order valence-corrected chi connectivity index (χ2v) is 4.45. The van der Waals surface area contributed by atoms with Gasteiger partial charge in [0.15, 0.2) is 5.76 Å². The lowest BCUT2D eigenvalue weighted by Crippen LogP contribution is -2.41. The molecule has 1 aromatic carbocycles. The quantitative estimate of drug-likeness (QED) is 0.851. The number of nitrogens with one attached hydrogen (secondary N) is 1. The second kappa shape index (κ2) is 7.44. The van der Waals surface area contributed by atoms with Gasteiger partial charge in [-0.3, -0.25) is 0 Å². The summed E-state index contributed by atoms with van der Waals surface area (Å²) in [5.41, 5.74) is 0.943. The molecule has 2 aromatic rings. The Labute approximate surface area is 123 Å². The van der Waals surface area contributed by atoms with Gasteiger partial charge in [0.2, 0.25) is 5.89 Å². The molecule has 0 saturated carbocycles. The molecule has 0 aliphatic heterocycles. The van der Waals surface area contributed by atoms with Gasteiger partial charge in [-0.15, -0.1) is 0 Å². The molecule has 0 unspecified atom stereocenters. The number of urea groups is 1. The van der Waals surface area contributed by atoms with Crippen molar-refractivity contribution in [3.05, 3.63) is 42.4 Å². The van der Waals surface area contributed by atoms with Crippen LogP contribution in [0.3, 0.4) is 0 Å². The molecule has 6 nitrogen and oxygen atoms in total. The number of aromatic nitrogens is 1. The molecule has 6 heteroatoms. The molecule has 0 aliphatic carbocycles. The number of aliphatic hydroxyl groups is 1. The molecular weight excluding hydrogens is 270 g/mol. The van der Waals surface area contributed by atoms with Crippen LogP contribution in [0.4, 0.5) is 4.79 Å². The number of oxazole rings is 1. The van der Waals surface area contributed by atoms with Crippen LogP contribution < -0.4 is 5.32 Å². The van der Waals surface area contributed by atoms with Crippen LogP contribution >= 0.6 is 0 Å². The minimum absolute atomic E-state index is 0.0571. The van der Waals surface area contributed by atoms with Gasteiger partial charge in [0, 0.05) is 18.7 Å². The van der Waals surface area contributed by atoms with E-state index in [1.54, 1.807) is 6.20 Å². The number of likely N-dealkylation sites (N-methyl/N-ethyl adjacent to an activating group) is 1. The van der Waals surface area contributed by atoms with E-state index in [1.165, 1.54) is 4.90 Å². The number of amides is 2. The Morgan fingerprint density at radius 3 is 2.81 bits per heavy atom. The normalized spacial score (nSPS) is 10.4. The zero-order valence-corrected chi connectivity index (χ0v) is 12.0. The maximum absolute atomic E-state index is 11.8. The SMILES string of the molecule is CCN(CCO)C(=O)NCc1ncc(-c2ccccc2)o1. The Morgan fingerprint density at radius 1 is 1.38 bits per heavy atom. The Kier molecular flexibility index (Phi) is 5.34. The van der Waals surface area contributed by atoms with E-state index < -0.39 is 0 Å². The topological polar surface area (TPSA) is 78.6 Å². The number of carbonyl (C=O) groups is 1. The molecule has 0 bridgehead atoms. The van der Waals surface area contributed by atoms with Crippen molar-refractivity contribution in [2.75, 3.05) is 19.7 Å². The molecule has 2 N–H and O–H groups in total. The lowest BCUT2D eigenvalue weighted by Gasteiger charge is -2.19. The third-order valence-corrected chi connectivity index (χ3v) is 3.04. The summed E-state index contributed by atoms with van der Waals surface area (Å²) < 4.78 is 5.60. The smallest absolute Gasteiger partial charge is 0.317 e. The van der Waals surface area contributed by atoms with Crippen LogP contribution in [-0.2, 0) is 6.54 Å². The van der Waals surface area contributed by atoms with Crippen molar-refractivity contribution in [1.29, 1.82) is 0 Å². The summed E-state index contributed by atoms with van der Waals surface area (Å²) in [6, 6.07) is 9.40. The molecule has 2 rings (SSSR count). The number of hydrogen-bond donors (Lipinski definition) is 2. The van der Waals surface area contributed by atoms with Gasteiger partial charge in [-0.2, -0.15) is 0 Å². The second-order valence-electron chi connectivity index (χ2n) is 4.45. The highest BCUT2D eigenvalue weighted by molar-refractivity contribution is 5.74. The number of nitrogens with zero attached hydrogens (tertiary/aromatic N) is 2. The van der Waals surface area contributed by atoms with Crippen LogP contribution in [0, 0.1) is 0 Å². The van der Waals surface area contributed by atoms with Gasteiger partial charge >= 0.3 is 6.03 Å². The number of aliphatic hydroxyl groups excluding tert-OH is 1. The van der Waals surface area contributed by atoms with E-state index in [9.17, 15) is 4.79 Å². The minimum Gasteiger partial charge on any atom is -0.439 e. The van der Waals surface area contributed by atoms with Crippen molar-refractivity contribution in [3.8, 4) is 11.3 Å². The summed E-state index contributed by atoms with van der Waals surface area (Å²) in [6.07, 6.45) is 1.64. The minimum atomic E-state index is -0.244. The number of hydrogen-bond acceptors (Lipinski definition) is 4. The molecule has 0 spiro atoms. The van der Waals surface area contributed by atoms with E-state index in [4.69, 9.17) is 9.52 Å². The van der Waals surface area contributed by atoms with E-state index in [0.717, 1.165) is 5.56 Å². The zero-order chi connectivity index (χ0) is 15.1. The summed E-state index contributed by atoms with van der Waals surface area (Å²) in [5.74, 6) is 1.12. The molecule has 0 aliphatic rings. The van der Waals surface area contributed by atoms with Crippen molar-refractivity contribution in [2.24, 2.45) is 0 Å². The molecule has 0 radical (unpaired) electrons. The maximum atomic E-state index is 11.8. The van der Waals surface area contributed by atoms with Crippen LogP contribution in [0.15, 0.2) is 40.9 Å². The van der Waals surface area contributed by atoms with Crippen LogP contribution in [0.25, 0.3) is 11.3 Å². The Bertz CT molecular complexity index is 569. The molecule has 21 heavy (non-hydrogen) atoms. The molecule has 1 aromatic heterocycles. The molecule has 0 saturated heterocycles. The molecule has 2 amide bonds. The van der Waals surface area contributed by atoms with E-state index in [1.807, 2.05) is 37.3 Å². The van der Waals surface area contributed by atoms with Crippen molar-refractivity contribution in [2.45, 2.75) is 13.5 Å². The zero-order valence-electron chi connectivity index (χ0n) is 12.0. The molecule has 112 valence electrons. The van der Waals surface area contributed by atoms with E-state index >= 15 is 0 Å². The highest BCUT2D eigenvalue weighted by Gasteiger charge is 2.12. The molecule has 0 atom stereocenters. The lowest BCUT2D eigenvalue weighted by molar-refractivity contribution is 0.179. The van der Waals surface area contributed by atoms with Gasteiger partial charge in [-0.1, -0.05) is 30.3 Å². The number of benzene rings is 1. The van der Waals surface area contributed by atoms with Gasteiger partial charge in [0.25, 0.3) is 0 Å². The summed E-state index contributed by atoms with van der Waals surface area (Å²) in [7, 11) is 0. The van der Waals surface area contributed by atoms with Crippen molar-refractivity contribution >= 4 is 6.03 Å². The Balaban J connectivity index is 1.93. The summed E-state index contributed by atoms with van der Waals surface area (Å²) in [5, 5.41) is 11.6. The van der Waals surface area contributed by atoms with Gasteiger partial charge in [-0.05, 0) is 6.92 Å². The third kappa shape index (κ3) is 4.06. The van der Waals surface area contributed by atoms with Crippen LogP contribution in [0.5, 0.6) is 0 Å². The van der Waals surface area contributed by atoms with Gasteiger partial charge in [-0.25, -0.2) is 9.78 Å². The molecule has 0 fully saturated rings. The summed E-state index contributed by atoms with van der Waals surface area (Å²) in [6.45, 7) is 2.86. The van der Waals surface area contributed by atoms with Crippen molar-refractivity contribution in [3.63, 3.8) is 0 Å². The maximum Gasteiger partial charge on any atom is 0.317 e. The van der Waals surface area contributed by atoms with Crippen LogP contribution in [0.2, 0.25) is 0 Å². The van der Waals surface area contributed by atoms with E-state index in [2.05, 4.69) is 10.3 Å². The number of rotatable bonds is 6. The van der Waals surface area contributed by atoms with Gasteiger partial charge in [0.1, 0.15) is 0 Å². The third-order valence-electron chi connectivity index (χ3n) is 3.04. The first-order valence-corrected chi connectivity index (χ1v) is 6.88. The monoisotopic (exact) mass is 289 g/mol. The molecular formula is C15H19N3O3. The van der Waals surface area contributed by atoms with Crippen molar-refractivity contribution in [1.82, 2.24) is 15.2 Å². The first kappa shape index (κ1) is 15.1. The standard InChI is InChI=1S/C15H19N3O3/c1-2-18(8-9-19)15(20)17-11-14-16-10-13(21-14)12-6-4-3-5-7-12/h3-7,10,19H,2,8-9,11H2,1H3,(H,17,20). The first-order chi connectivity index (χ1) is 10.2. The van der Waals surface area contributed by atoms with Crippen molar-refractivity contribution < 1.29 is 14.3 Å². The van der Waals surface area contributed by atoms with Crippen LogP contribution in [-0.4, -0.2) is 40.7 Å². The summed E-state index contributed by atoms with van der Waals surface area (Å²) >= 11 is 0. The first-order valence-electron chi connectivity index (χ1n) is 6.88. The fraction of sp³-hybridized carbons (Fsp3) is 0.333. The van der Waals surface area contributed by atoms with Gasteiger partial charge < -0.3 is 19.7 Å². The van der Waals surface area contributed by atoms with E-state index in [0.29, 0.717) is 24.7 Å². The largest absolute Gasteiger partial charge is 0.439 e. The van der Waals surface area contributed by atoms with Crippen LogP contribution in [0.1, 0.15) is 12.8 Å². The van der Waals surface area contributed by atoms with Gasteiger partial charge in [0.05, 0.1) is 19.3 Å². The average Bonchev–Trinajstić information content (AvgIpc) is 3.00. The number of carbonyl (C=O) groups excluding carboxylic acids is 1. The summed E-state index contributed by atoms with van der Waals surface area (Å²) in [4.78, 5) is 17.5. The highest BCUT2D eigenvalue weighted by atomic mass is 16.4.